The summed E-state index contributed by atoms with van der Waals surface area (Å²) in [6, 6.07) is 0.494. The number of hydrogen-bond donors (Lipinski definition) is 1. The second-order valence-electron chi connectivity index (χ2n) is 4.44. The number of nitrogens with zero attached hydrogens (tertiary/aromatic N) is 2. The second kappa shape index (κ2) is 3.73. The van der Waals surface area contributed by atoms with Crippen molar-refractivity contribution in [3.05, 3.63) is 17.7 Å². The Labute approximate surface area is 85.5 Å². The first kappa shape index (κ1) is 9.71. The van der Waals surface area contributed by atoms with E-state index in [-0.39, 0.29) is 0 Å². The molecule has 0 bridgehead atoms. The monoisotopic (exact) mass is 193 g/mol. The molecule has 0 aromatic carbocycles. The molecule has 0 saturated carbocycles. The van der Waals surface area contributed by atoms with Gasteiger partial charge in [-0.3, -0.25) is 0 Å². The van der Waals surface area contributed by atoms with Crippen molar-refractivity contribution in [1.29, 1.82) is 0 Å². The van der Waals surface area contributed by atoms with Crippen molar-refractivity contribution >= 4 is 0 Å². The van der Waals surface area contributed by atoms with E-state index >= 15 is 0 Å². The van der Waals surface area contributed by atoms with Gasteiger partial charge in [-0.15, -0.1) is 0 Å². The number of aromatic nitrogens is 2. The molecule has 3 heteroatoms. The molecule has 2 rings (SSSR count). The standard InChI is InChI=1S/C11H19N3/c1-8(2)11-13-10(7-14(11)3)9-5-4-6-12-9/h7-9,12H,4-6H2,1-3H3. The van der Waals surface area contributed by atoms with Crippen molar-refractivity contribution in [1.82, 2.24) is 14.9 Å². The van der Waals surface area contributed by atoms with Crippen LogP contribution in [0, 0.1) is 0 Å². The van der Waals surface area contributed by atoms with Gasteiger partial charge in [-0.1, -0.05) is 13.8 Å². The van der Waals surface area contributed by atoms with Crippen LogP contribution in [0.25, 0.3) is 0 Å². The molecule has 1 aliphatic heterocycles. The normalized spacial score (nSPS) is 22.1. The summed E-state index contributed by atoms with van der Waals surface area (Å²) < 4.78 is 2.15. The predicted molar refractivity (Wildman–Crippen MR) is 57.3 cm³/mol. The Hall–Kier alpha value is -0.830. The average Bonchev–Trinajstić information content (AvgIpc) is 2.70. The van der Waals surface area contributed by atoms with Crippen molar-refractivity contribution in [2.45, 2.75) is 38.6 Å². The quantitative estimate of drug-likeness (QED) is 0.778. The molecule has 78 valence electrons. The fourth-order valence-corrected chi connectivity index (χ4v) is 2.15. The lowest BCUT2D eigenvalue weighted by atomic mass is 10.2. The number of aryl methyl sites for hydroxylation is 1. The van der Waals surface area contributed by atoms with Crippen LogP contribution in [0.1, 0.15) is 50.2 Å². The maximum atomic E-state index is 4.69. The molecule has 1 N–H and O–H groups in total. The zero-order valence-corrected chi connectivity index (χ0v) is 9.25. The average molecular weight is 193 g/mol. The van der Waals surface area contributed by atoms with Gasteiger partial charge < -0.3 is 9.88 Å². The van der Waals surface area contributed by atoms with E-state index in [1.54, 1.807) is 0 Å². The molecule has 3 nitrogen and oxygen atoms in total. The van der Waals surface area contributed by atoms with Crippen LogP contribution in [0.3, 0.4) is 0 Å². The van der Waals surface area contributed by atoms with E-state index in [1.165, 1.54) is 24.4 Å². The highest BCUT2D eigenvalue weighted by Crippen LogP contribution is 2.23. The van der Waals surface area contributed by atoms with E-state index in [4.69, 9.17) is 4.98 Å². The summed E-state index contributed by atoms with van der Waals surface area (Å²) in [5.41, 5.74) is 1.22. The van der Waals surface area contributed by atoms with Gasteiger partial charge in [0.15, 0.2) is 0 Å². The maximum Gasteiger partial charge on any atom is 0.111 e. The van der Waals surface area contributed by atoms with Crippen molar-refractivity contribution in [3.63, 3.8) is 0 Å². The van der Waals surface area contributed by atoms with Crippen LogP contribution in [0.5, 0.6) is 0 Å². The van der Waals surface area contributed by atoms with Crippen LogP contribution in [0.4, 0.5) is 0 Å². The number of nitrogens with one attached hydrogen (secondary N) is 1. The molecule has 1 fully saturated rings. The molecule has 1 saturated heterocycles. The van der Waals surface area contributed by atoms with E-state index in [0.717, 1.165) is 6.54 Å². The van der Waals surface area contributed by atoms with Gasteiger partial charge in [-0.2, -0.15) is 0 Å². The van der Waals surface area contributed by atoms with E-state index < -0.39 is 0 Å². The fraction of sp³-hybridized carbons (Fsp3) is 0.727. The summed E-state index contributed by atoms with van der Waals surface area (Å²) in [6.07, 6.45) is 4.67. The fourth-order valence-electron chi connectivity index (χ4n) is 2.15. The first-order valence-corrected chi connectivity index (χ1v) is 5.45. The van der Waals surface area contributed by atoms with Gasteiger partial charge in [0.05, 0.1) is 11.7 Å². The third-order valence-corrected chi connectivity index (χ3v) is 2.86. The van der Waals surface area contributed by atoms with Gasteiger partial charge in [0.2, 0.25) is 0 Å². The van der Waals surface area contributed by atoms with Crippen molar-refractivity contribution in [3.8, 4) is 0 Å². The molecule has 14 heavy (non-hydrogen) atoms. The van der Waals surface area contributed by atoms with Crippen LogP contribution < -0.4 is 5.32 Å². The highest BCUT2D eigenvalue weighted by atomic mass is 15.1. The molecule has 1 atom stereocenters. The van der Waals surface area contributed by atoms with Crippen LogP contribution in [-0.2, 0) is 7.05 Å². The van der Waals surface area contributed by atoms with Crippen molar-refractivity contribution in [2.75, 3.05) is 6.54 Å². The lowest BCUT2D eigenvalue weighted by Gasteiger charge is -2.05. The van der Waals surface area contributed by atoms with Crippen LogP contribution in [0.15, 0.2) is 6.20 Å². The van der Waals surface area contributed by atoms with Crippen LogP contribution >= 0.6 is 0 Å². The molecule has 0 spiro atoms. The Kier molecular flexibility index (Phi) is 2.59. The Morgan fingerprint density at radius 3 is 2.86 bits per heavy atom. The van der Waals surface area contributed by atoms with E-state index in [2.05, 4.69) is 37.0 Å². The summed E-state index contributed by atoms with van der Waals surface area (Å²) in [5, 5.41) is 3.48. The Bertz CT molecular complexity index is 308. The van der Waals surface area contributed by atoms with Crippen molar-refractivity contribution in [2.24, 2.45) is 7.05 Å². The number of hydrogen-bond acceptors (Lipinski definition) is 2. The Balaban J connectivity index is 2.22. The lowest BCUT2D eigenvalue weighted by Crippen LogP contribution is -2.13. The molecule has 2 heterocycles. The summed E-state index contributed by atoms with van der Waals surface area (Å²) in [6.45, 7) is 5.51. The number of imidazole rings is 1. The van der Waals surface area contributed by atoms with Gasteiger partial charge in [-0.05, 0) is 19.4 Å². The summed E-state index contributed by atoms with van der Waals surface area (Å²) in [5.74, 6) is 1.70. The number of rotatable bonds is 2. The molecule has 0 amide bonds. The van der Waals surface area contributed by atoms with Crippen LogP contribution in [-0.4, -0.2) is 16.1 Å². The maximum absolute atomic E-state index is 4.69. The van der Waals surface area contributed by atoms with Crippen LogP contribution in [0.2, 0.25) is 0 Å². The van der Waals surface area contributed by atoms with Gasteiger partial charge in [0.25, 0.3) is 0 Å². The highest BCUT2D eigenvalue weighted by molar-refractivity contribution is 5.11. The third-order valence-electron chi connectivity index (χ3n) is 2.86. The van der Waals surface area contributed by atoms with Gasteiger partial charge >= 0.3 is 0 Å². The second-order valence-corrected chi connectivity index (χ2v) is 4.44. The molecule has 0 aliphatic carbocycles. The van der Waals surface area contributed by atoms with Crippen molar-refractivity contribution < 1.29 is 0 Å². The minimum absolute atomic E-state index is 0.494. The largest absolute Gasteiger partial charge is 0.337 e. The molecule has 1 aromatic rings. The molecular weight excluding hydrogens is 174 g/mol. The summed E-state index contributed by atoms with van der Waals surface area (Å²) >= 11 is 0. The molecule has 0 radical (unpaired) electrons. The van der Waals surface area contributed by atoms with Gasteiger partial charge in [-0.25, -0.2) is 4.98 Å². The zero-order valence-electron chi connectivity index (χ0n) is 9.25. The summed E-state index contributed by atoms with van der Waals surface area (Å²) in [7, 11) is 2.08. The first-order chi connectivity index (χ1) is 6.68. The molecule has 1 aromatic heterocycles. The SMILES string of the molecule is CC(C)c1nc(C2CCCN2)cn1C. The highest BCUT2D eigenvalue weighted by Gasteiger charge is 2.20. The van der Waals surface area contributed by atoms with E-state index in [0.29, 0.717) is 12.0 Å². The Morgan fingerprint density at radius 1 is 1.57 bits per heavy atom. The van der Waals surface area contributed by atoms with Gasteiger partial charge in [0, 0.05) is 19.2 Å². The topological polar surface area (TPSA) is 29.9 Å². The first-order valence-electron chi connectivity index (χ1n) is 5.45. The lowest BCUT2D eigenvalue weighted by molar-refractivity contribution is 0.627. The Morgan fingerprint density at radius 2 is 2.36 bits per heavy atom. The predicted octanol–water partition coefficient (Wildman–Crippen LogP) is 1.97. The minimum Gasteiger partial charge on any atom is -0.337 e. The van der Waals surface area contributed by atoms with E-state index in [1.807, 2.05) is 0 Å². The third kappa shape index (κ3) is 1.69. The zero-order chi connectivity index (χ0) is 10.1. The molecule has 1 unspecified atom stereocenters. The smallest absolute Gasteiger partial charge is 0.111 e. The minimum atomic E-state index is 0.494. The molecular formula is C11H19N3. The molecule has 1 aliphatic rings. The van der Waals surface area contributed by atoms with Gasteiger partial charge in [0.1, 0.15) is 5.82 Å². The van der Waals surface area contributed by atoms with E-state index in [9.17, 15) is 0 Å². The summed E-state index contributed by atoms with van der Waals surface area (Å²) in [4.78, 5) is 4.69.